The van der Waals surface area contributed by atoms with Gasteiger partial charge >= 0.3 is 11.9 Å². The first kappa shape index (κ1) is 33.2. The maximum Gasteiger partial charge on any atom is 0.330 e. The molecule has 0 aromatic heterocycles. The number of hydrogen-bond acceptors (Lipinski definition) is 7. The molecule has 0 bridgehead atoms. The van der Waals surface area contributed by atoms with Crippen molar-refractivity contribution in [3.05, 3.63) is 114 Å². The van der Waals surface area contributed by atoms with Gasteiger partial charge in [-0.2, -0.15) is 0 Å². The van der Waals surface area contributed by atoms with Crippen molar-refractivity contribution in [1.29, 1.82) is 0 Å². The van der Waals surface area contributed by atoms with Gasteiger partial charge in [0.2, 0.25) is 0 Å². The van der Waals surface area contributed by atoms with Crippen LogP contribution in [0.2, 0.25) is 0 Å². The lowest BCUT2D eigenvalue weighted by Gasteiger charge is -2.10. The van der Waals surface area contributed by atoms with E-state index in [2.05, 4.69) is 30.3 Å². The van der Waals surface area contributed by atoms with Crippen LogP contribution in [0.25, 0.3) is 0 Å². The van der Waals surface area contributed by atoms with Crippen LogP contribution in [0.15, 0.2) is 92.0 Å². The predicted molar refractivity (Wildman–Crippen MR) is 170 cm³/mol. The van der Waals surface area contributed by atoms with Crippen molar-refractivity contribution >= 4 is 23.5 Å². The molecule has 228 valence electrons. The van der Waals surface area contributed by atoms with Crippen molar-refractivity contribution in [2.75, 3.05) is 31.7 Å². The molecule has 8 nitrogen and oxygen atoms in total. The molecule has 0 aliphatic carbocycles. The van der Waals surface area contributed by atoms with Gasteiger partial charge < -0.3 is 24.3 Å². The lowest BCUT2D eigenvalue weighted by molar-refractivity contribution is -0.138. The second-order valence-electron chi connectivity index (χ2n) is 9.64. The molecule has 0 saturated heterocycles. The van der Waals surface area contributed by atoms with E-state index in [1.807, 2.05) is 49.4 Å². The second kappa shape index (κ2) is 18.3. The Kier molecular flexibility index (Phi) is 13.8. The minimum absolute atomic E-state index is 0.221. The highest BCUT2D eigenvalue weighted by Gasteiger charge is 2.09. The minimum Gasteiger partial charge on any atom is -0.494 e. The third-order valence-electron chi connectivity index (χ3n) is 6.23. The molecule has 0 aliphatic rings. The Morgan fingerprint density at radius 1 is 0.682 bits per heavy atom. The number of aryl methyl sites for hydroxylation is 1. The van der Waals surface area contributed by atoms with E-state index in [1.54, 1.807) is 24.3 Å². The van der Waals surface area contributed by atoms with Crippen LogP contribution in [0.5, 0.6) is 11.5 Å². The molecule has 0 heterocycles. The van der Waals surface area contributed by atoms with Gasteiger partial charge in [0.25, 0.3) is 5.91 Å². The monoisotopic (exact) mass is 595 g/mol. The Labute approximate surface area is 258 Å². The zero-order valence-electron chi connectivity index (χ0n) is 24.9. The zero-order valence-corrected chi connectivity index (χ0v) is 24.9. The third kappa shape index (κ3) is 11.9. The molecule has 0 saturated carbocycles. The Balaban J connectivity index is 1.42. The normalized spacial score (nSPS) is 10.0. The van der Waals surface area contributed by atoms with Crippen LogP contribution >= 0.6 is 0 Å². The van der Waals surface area contributed by atoms with E-state index in [4.69, 9.17) is 18.9 Å². The summed E-state index contributed by atoms with van der Waals surface area (Å²) in [5.41, 5.74) is 3.80. The zero-order chi connectivity index (χ0) is 31.6. The number of ether oxygens (including phenoxy) is 4. The van der Waals surface area contributed by atoms with Gasteiger partial charge in [0.15, 0.2) is 0 Å². The molecule has 0 fully saturated rings. The van der Waals surface area contributed by atoms with Crippen molar-refractivity contribution in [3.63, 3.8) is 0 Å². The van der Waals surface area contributed by atoms with Gasteiger partial charge in [-0.3, -0.25) is 4.79 Å². The fraction of sp³-hybridized carbons (Fsp3) is 0.250. The maximum absolute atomic E-state index is 12.8. The first-order valence-electron chi connectivity index (χ1n) is 14.4. The number of esters is 2. The summed E-state index contributed by atoms with van der Waals surface area (Å²) in [4.78, 5) is 34.8. The molecule has 0 aliphatic heterocycles. The van der Waals surface area contributed by atoms with Gasteiger partial charge in [-0.05, 0) is 105 Å². The molecule has 0 spiro atoms. The number of rotatable bonds is 16. The molecular formula is C36H37NO7. The summed E-state index contributed by atoms with van der Waals surface area (Å²) in [6.45, 7) is 10.3. The van der Waals surface area contributed by atoms with Crippen molar-refractivity contribution in [1.82, 2.24) is 0 Å². The number of amides is 1. The topological polar surface area (TPSA) is 100 Å². The smallest absolute Gasteiger partial charge is 0.330 e. The van der Waals surface area contributed by atoms with E-state index in [0.717, 1.165) is 53.9 Å². The fourth-order valence-electron chi connectivity index (χ4n) is 3.81. The average molecular weight is 596 g/mol. The van der Waals surface area contributed by atoms with E-state index in [0.29, 0.717) is 49.8 Å². The largest absolute Gasteiger partial charge is 0.494 e. The standard InChI is InChI=1S/C36H37NO7/c1-4-34(38)43-24-8-6-22-41-31-17-12-28(13-18-31)10-11-29-14-21-33(27(3)26-29)37-36(40)30-15-19-32(20-16-30)42-23-7-9-25-44-35(39)5-2/h4-5,12-21,26H,1-2,6-9,22-25H2,3H3,(H,37,40). The molecule has 44 heavy (non-hydrogen) atoms. The van der Waals surface area contributed by atoms with Crippen LogP contribution in [0, 0.1) is 18.8 Å². The van der Waals surface area contributed by atoms with E-state index < -0.39 is 11.9 Å². The number of anilines is 1. The average Bonchev–Trinajstić information content (AvgIpc) is 3.04. The fourth-order valence-corrected chi connectivity index (χ4v) is 3.81. The van der Waals surface area contributed by atoms with Crippen molar-refractivity contribution in [2.45, 2.75) is 32.6 Å². The van der Waals surface area contributed by atoms with E-state index in [-0.39, 0.29) is 5.91 Å². The SMILES string of the molecule is C=CC(=O)OCCCCOc1ccc(C#Cc2ccc(NC(=O)c3ccc(OCCCCOC(=O)C=C)cc3)c(C)c2)cc1. The molecule has 0 atom stereocenters. The molecule has 0 radical (unpaired) electrons. The molecule has 0 unspecified atom stereocenters. The Bertz CT molecular complexity index is 1480. The summed E-state index contributed by atoms with van der Waals surface area (Å²) in [6.07, 6.45) is 5.19. The Morgan fingerprint density at radius 3 is 1.68 bits per heavy atom. The van der Waals surface area contributed by atoms with Crippen LogP contribution in [-0.4, -0.2) is 44.3 Å². The van der Waals surface area contributed by atoms with Gasteiger partial charge in [0.05, 0.1) is 26.4 Å². The summed E-state index contributed by atoms with van der Waals surface area (Å²) in [5.74, 6) is 6.66. The first-order chi connectivity index (χ1) is 21.4. The number of carbonyl (C=O) groups excluding carboxylic acids is 3. The highest BCUT2D eigenvalue weighted by molar-refractivity contribution is 6.04. The van der Waals surface area contributed by atoms with Crippen molar-refractivity contribution < 1.29 is 33.3 Å². The Morgan fingerprint density at radius 2 is 1.16 bits per heavy atom. The molecule has 3 aromatic rings. The quantitative estimate of drug-likeness (QED) is 0.0882. The predicted octanol–water partition coefficient (Wildman–Crippen LogP) is 6.42. The minimum atomic E-state index is -0.430. The molecule has 3 aromatic carbocycles. The maximum atomic E-state index is 12.8. The summed E-state index contributed by atoms with van der Waals surface area (Å²) < 4.78 is 21.3. The summed E-state index contributed by atoms with van der Waals surface area (Å²) in [5, 5.41) is 2.95. The molecular weight excluding hydrogens is 558 g/mol. The highest BCUT2D eigenvalue weighted by Crippen LogP contribution is 2.19. The number of benzene rings is 3. The molecule has 8 heteroatoms. The third-order valence-corrected chi connectivity index (χ3v) is 6.23. The van der Waals surface area contributed by atoms with E-state index in [1.165, 1.54) is 0 Å². The van der Waals surface area contributed by atoms with Crippen LogP contribution in [0.1, 0.15) is 52.7 Å². The number of hydrogen-bond donors (Lipinski definition) is 1. The molecule has 3 rings (SSSR count). The summed E-state index contributed by atoms with van der Waals surface area (Å²) >= 11 is 0. The van der Waals surface area contributed by atoms with Gasteiger partial charge in [0.1, 0.15) is 11.5 Å². The van der Waals surface area contributed by atoms with Crippen LogP contribution in [0.3, 0.4) is 0 Å². The molecule has 1 amide bonds. The lowest BCUT2D eigenvalue weighted by Crippen LogP contribution is -2.12. The van der Waals surface area contributed by atoms with Gasteiger partial charge in [-0.25, -0.2) is 9.59 Å². The summed E-state index contributed by atoms with van der Waals surface area (Å²) in [7, 11) is 0. The number of nitrogens with one attached hydrogen (secondary N) is 1. The summed E-state index contributed by atoms with van der Waals surface area (Å²) in [6, 6.07) is 20.1. The van der Waals surface area contributed by atoms with Gasteiger partial charge in [-0.15, -0.1) is 0 Å². The second-order valence-corrected chi connectivity index (χ2v) is 9.64. The van der Waals surface area contributed by atoms with E-state index in [9.17, 15) is 14.4 Å². The van der Waals surface area contributed by atoms with Gasteiger partial charge in [0, 0.05) is 34.5 Å². The lowest BCUT2D eigenvalue weighted by atomic mass is 10.1. The van der Waals surface area contributed by atoms with E-state index >= 15 is 0 Å². The van der Waals surface area contributed by atoms with Crippen LogP contribution in [0.4, 0.5) is 5.69 Å². The first-order valence-corrected chi connectivity index (χ1v) is 14.4. The number of carbonyl (C=O) groups is 3. The van der Waals surface area contributed by atoms with Gasteiger partial charge in [-0.1, -0.05) is 25.0 Å². The molecule has 1 N–H and O–H groups in total. The van der Waals surface area contributed by atoms with Crippen LogP contribution in [-0.2, 0) is 19.1 Å². The Hall–Kier alpha value is -5.29. The van der Waals surface area contributed by atoms with Crippen molar-refractivity contribution in [3.8, 4) is 23.3 Å². The van der Waals surface area contributed by atoms with Crippen LogP contribution < -0.4 is 14.8 Å². The van der Waals surface area contributed by atoms with Crippen molar-refractivity contribution in [2.24, 2.45) is 0 Å². The highest BCUT2D eigenvalue weighted by atomic mass is 16.5. The number of unbranched alkanes of at least 4 members (excludes halogenated alkanes) is 2.